The summed E-state index contributed by atoms with van der Waals surface area (Å²) in [6.07, 6.45) is -0.714. The average molecular weight is 509 g/mol. The molecule has 3 aromatic heterocycles. The Hall–Kier alpha value is -3.32. The van der Waals surface area contributed by atoms with E-state index in [-0.39, 0.29) is 34.7 Å². The lowest BCUT2D eigenvalue weighted by molar-refractivity contribution is -0.189. The maximum Gasteiger partial charge on any atom is 0.491 e. The standard InChI is InChI=1S/C23H23F4N5O4/c1-13-12-34-9-7-31(13)17-10-16(36-22(33)23(25,26)27)19-14(24)11-28-20(21(19)30-17)15-5-6-29-32(15)18-4-2-3-8-35-18/h5-6,10-11,13,18H,2-4,7-9,12H2,1H3/t13-,18?/m1/s1. The summed E-state index contributed by atoms with van der Waals surface area (Å²) < 4.78 is 71.8. The van der Waals surface area contributed by atoms with E-state index >= 15 is 4.39 Å². The number of halogens is 4. The van der Waals surface area contributed by atoms with Crippen LogP contribution in [0, 0.1) is 5.82 Å². The Balaban J connectivity index is 1.70. The Morgan fingerprint density at radius 2 is 2.08 bits per heavy atom. The van der Waals surface area contributed by atoms with Gasteiger partial charge in [-0.15, -0.1) is 0 Å². The first-order valence-corrected chi connectivity index (χ1v) is 11.5. The third-order valence-electron chi connectivity index (χ3n) is 6.18. The van der Waals surface area contributed by atoms with Crippen LogP contribution >= 0.6 is 0 Å². The summed E-state index contributed by atoms with van der Waals surface area (Å²) in [7, 11) is 0. The number of esters is 1. The highest BCUT2D eigenvalue weighted by Gasteiger charge is 2.42. The highest BCUT2D eigenvalue weighted by molar-refractivity contribution is 5.97. The number of alkyl halides is 3. The number of aromatic nitrogens is 4. The minimum Gasteiger partial charge on any atom is -0.419 e. The van der Waals surface area contributed by atoms with Crippen LogP contribution in [0.4, 0.5) is 23.4 Å². The van der Waals surface area contributed by atoms with E-state index < -0.39 is 23.7 Å². The van der Waals surface area contributed by atoms with Crippen LogP contribution < -0.4 is 9.64 Å². The number of pyridine rings is 2. The van der Waals surface area contributed by atoms with Gasteiger partial charge in [-0.3, -0.25) is 0 Å². The van der Waals surface area contributed by atoms with Gasteiger partial charge in [0.05, 0.1) is 36.5 Å². The smallest absolute Gasteiger partial charge is 0.419 e. The van der Waals surface area contributed by atoms with Gasteiger partial charge < -0.3 is 19.1 Å². The van der Waals surface area contributed by atoms with E-state index in [1.54, 1.807) is 15.6 Å². The third kappa shape index (κ3) is 4.60. The first kappa shape index (κ1) is 24.4. The predicted octanol–water partition coefficient (Wildman–Crippen LogP) is 4.02. The van der Waals surface area contributed by atoms with Gasteiger partial charge in [0.15, 0.2) is 12.0 Å². The summed E-state index contributed by atoms with van der Waals surface area (Å²) in [5.41, 5.74) is 0.554. The van der Waals surface area contributed by atoms with Crippen LogP contribution in [0.1, 0.15) is 32.4 Å². The second kappa shape index (κ2) is 9.62. The van der Waals surface area contributed by atoms with E-state index in [9.17, 15) is 18.0 Å². The van der Waals surface area contributed by atoms with Crippen LogP contribution in [0.15, 0.2) is 24.5 Å². The normalized spacial score (nSPS) is 21.1. The molecule has 0 radical (unpaired) electrons. The van der Waals surface area contributed by atoms with Crippen molar-refractivity contribution in [3.05, 3.63) is 30.3 Å². The zero-order chi connectivity index (χ0) is 25.4. The molecular formula is C23H23F4N5O4. The van der Waals surface area contributed by atoms with Crippen molar-refractivity contribution >= 4 is 22.7 Å². The molecular weight excluding hydrogens is 486 g/mol. The Labute approximate surface area is 203 Å². The van der Waals surface area contributed by atoms with E-state index in [4.69, 9.17) is 9.47 Å². The average Bonchev–Trinajstić information content (AvgIpc) is 3.34. The largest absolute Gasteiger partial charge is 0.491 e. The quantitative estimate of drug-likeness (QED) is 0.385. The van der Waals surface area contributed by atoms with Crippen LogP contribution in [0.5, 0.6) is 5.75 Å². The monoisotopic (exact) mass is 509 g/mol. The number of ether oxygens (including phenoxy) is 3. The number of morpholine rings is 1. The highest BCUT2D eigenvalue weighted by Crippen LogP contribution is 2.38. The van der Waals surface area contributed by atoms with E-state index in [1.807, 2.05) is 6.92 Å². The van der Waals surface area contributed by atoms with Crippen LogP contribution in [0.2, 0.25) is 0 Å². The van der Waals surface area contributed by atoms with Gasteiger partial charge in [0.1, 0.15) is 22.8 Å². The molecule has 0 N–H and O–H groups in total. The summed E-state index contributed by atoms with van der Waals surface area (Å²) in [5, 5.41) is 3.95. The van der Waals surface area contributed by atoms with Crippen molar-refractivity contribution in [2.45, 2.75) is 44.6 Å². The summed E-state index contributed by atoms with van der Waals surface area (Å²) in [6.45, 7) is 3.51. The molecule has 5 rings (SSSR count). The lowest BCUT2D eigenvalue weighted by Gasteiger charge is -2.34. The minimum absolute atomic E-state index is 0.0614. The van der Waals surface area contributed by atoms with Crippen molar-refractivity contribution in [3.8, 4) is 17.1 Å². The van der Waals surface area contributed by atoms with Gasteiger partial charge in [-0.1, -0.05) is 0 Å². The fourth-order valence-corrected chi connectivity index (χ4v) is 4.45. The highest BCUT2D eigenvalue weighted by atomic mass is 19.4. The number of carbonyl (C=O) groups is 1. The van der Waals surface area contributed by atoms with Gasteiger partial charge in [0, 0.05) is 25.4 Å². The molecule has 2 fully saturated rings. The molecule has 0 aromatic carbocycles. The van der Waals surface area contributed by atoms with Crippen molar-refractivity contribution in [2.75, 3.05) is 31.3 Å². The number of fused-ring (bicyclic) bond motifs is 1. The second-order valence-corrected chi connectivity index (χ2v) is 8.64. The molecule has 36 heavy (non-hydrogen) atoms. The molecule has 1 unspecified atom stereocenters. The Morgan fingerprint density at radius 3 is 2.81 bits per heavy atom. The Kier molecular flexibility index (Phi) is 6.51. The topological polar surface area (TPSA) is 91.6 Å². The maximum atomic E-state index is 15.1. The van der Waals surface area contributed by atoms with Crippen LogP contribution in [0.3, 0.4) is 0 Å². The SMILES string of the molecule is C[C@@H]1COCCN1c1cc(OC(=O)C(F)(F)F)c2c(F)cnc(-c3ccnn3C3CCCCO3)c2n1. The van der Waals surface area contributed by atoms with Crippen LogP contribution in [0.25, 0.3) is 22.3 Å². The van der Waals surface area contributed by atoms with Gasteiger partial charge in [-0.25, -0.2) is 23.8 Å². The molecule has 0 amide bonds. The van der Waals surface area contributed by atoms with Crippen molar-refractivity contribution in [1.82, 2.24) is 19.7 Å². The molecule has 0 spiro atoms. The van der Waals surface area contributed by atoms with Gasteiger partial charge in [0.25, 0.3) is 0 Å². The zero-order valence-electron chi connectivity index (χ0n) is 19.3. The third-order valence-corrected chi connectivity index (χ3v) is 6.18. The fraction of sp³-hybridized carbons (Fsp3) is 0.478. The Morgan fingerprint density at radius 1 is 1.25 bits per heavy atom. The number of rotatable bonds is 4. The van der Waals surface area contributed by atoms with E-state index in [2.05, 4.69) is 19.8 Å². The summed E-state index contributed by atoms with van der Waals surface area (Å²) in [5.74, 6) is -3.84. The van der Waals surface area contributed by atoms with Gasteiger partial charge >= 0.3 is 12.1 Å². The van der Waals surface area contributed by atoms with Crippen molar-refractivity contribution in [1.29, 1.82) is 0 Å². The molecule has 3 aromatic rings. The molecule has 2 aliphatic heterocycles. The second-order valence-electron chi connectivity index (χ2n) is 8.64. The first-order valence-electron chi connectivity index (χ1n) is 11.5. The van der Waals surface area contributed by atoms with E-state index in [0.29, 0.717) is 38.5 Å². The molecule has 0 bridgehead atoms. The molecule has 0 aliphatic carbocycles. The lowest BCUT2D eigenvalue weighted by atomic mass is 10.1. The number of anilines is 1. The molecule has 13 heteroatoms. The summed E-state index contributed by atoms with van der Waals surface area (Å²) in [6, 6.07) is 2.61. The van der Waals surface area contributed by atoms with Gasteiger partial charge in [-0.2, -0.15) is 18.3 Å². The van der Waals surface area contributed by atoms with Crippen LogP contribution in [-0.4, -0.2) is 64.3 Å². The zero-order valence-corrected chi connectivity index (χ0v) is 19.3. The molecule has 2 atom stereocenters. The molecule has 2 saturated heterocycles. The first-order chi connectivity index (χ1) is 17.2. The molecule has 5 heterocycles. The number of hydrogen-bond acceptors (Lipinski definition) is 8. The minimum atomic E-state index is -5.27. The maximum absolute atomic E-state index is 15.1. The molecule has 2 aliphatic rings. The fourth-order valence-electron chi connectivity index (χ4n) is 4.45. The summed E-state index contributed by atoms with van der Waals surface area (Å²) >= 11 is 0. The van der Waals surface area contributed by atoms with Gasteiger partial charge in [0.2, 0.25) is 0 Å². The van der Waals surface area contributed by atoms with Crippen molar-refractivity contribution in [2.24, 2.45) is 0 Å². The predicted molar refractivity (Wildman–Crippen MR) is 119 cm³/mol. The van der Waals surface area contributed by atoms with Crippen LogP contribution in [-0.2, 0) is 14.3 Å². The molecule has 9 nitrogen and oxygen atoms in total. The molecule has 192 valence electrons. The van der Waals surface area contributed by atoms with E-state index in [0.717, 1.165) is 25.1 Å². The van der Waals surface area contributed by atoms with Crippen molar-refractivity contribution < 1.29 is 36.6 Å². The van der Waals surface area contributed by atoms with E-state index in [1.165, 1.54) is 6.20 Å². The molecule has 0 saturated carbocycles. The summed E-state index contributed by atoms with van der Waals surface area (Å²) in [4.78, 5) is 22.4. The van der Waals surface area contributed by atoms with Gasteiger partial charge in [-0.05, 0) is 32.3 Å². The number of carbonyl (C=O) groups excluding carboxylic acids is 1. The Bertz CT molecular complexity index is 1280. The number of nitrogens with zero attached hydrogens (tertiary/aromatic N) is 5. The van der Waals surface area contributed by atoms with Crippen molar-refractivity contribution in [3.63, 3.8) is 0 Å². The lowest BCUT2D eigenvalue weighted by Crippen LogP contribution is -2.44. The number of hydrogen-bond donors (Lipinski definition) is 0.